The van der Waals surface area contributed by atoms with Gasteiger partial charge in [-0.05, 0) is 48.2 Å². The van der Waals surface area contributed by atoms with Crippen molar-refractivity contribution < 1.29 is 19.2 Å². The lowest BCUT2D eigenvalue weighted by atomic mass is 9.99. The van der Waals surface area contributed by atoms with Crippen molar-refractivity contribution in [3.63, 3.8) is 0 Å². The number of carbonyl (C=O) groups excluding carboxylic acids is 2. The first-order valence-corrected chi connectivity index (χ1v) is 14.0. The number of carbonyl (C=O) groups is 2. The summed E-state index contributed by atoms with van der Waals surface area (Å²) in [5.74, 6) is -1.36. The molecule has 1 aliphatic rings. The van der Waals surface area contributed by atoms with Gasteiger partial charge < -0.3 is 9.57 Å². The summed E-state index contributed by atoms with van der Waals surface area (Å²) < 4.78 is 7.44. The SMILES string of the molecule is O=C(CCl)C(=O)Nn1c(COc2ccccc2C2=NOC(c3ccc(Cl)cc3Cl)C2)nnc1Sc1ccccc1. The van der Waals surface area contributed by atoms with Gasteiger partial charge in [-0.1, -0.05) is 64.8 Å². The van der Waals surface area contributed by atoms with Crippen LogP contribution in [0.4, 0.5) is 0 Å². The van der Waals surface area contributed by atoms with Gasteiger partial charge in [-0.25, -0.2) is 4.68 Å². The standard InChI is InChI=1S/C27H20Cl3N5O4S/c28-14-22(36)26(37)33-35-25(31-32-27(35)40-17-6-2-1-3-7-17)15-38-23-9-5-4-8-19(23)21-13-24(39-34-21)18-11-10-16(29)12-20(18)30/h1-12,24H,13-15H2,(H,33,37). The number of ether oxygens (including phenoxy) is 1. The number of oxime groups is 1. The molecule has 3 aromatic carbocycles. The Morgan fingerprint density at radius 3 is 2.60 bits per heavy atom. The second-order valence-electron chi connectivity index (χ2n) is 8.43. The summed E-state index contributed by atoms with van der Waals surface area (Å²) in [6, 6.07) is 22.0. The van der Waals surface area contributed by atoms with Gasteiger partial charge in [-0.2, -0.15) is 0 Å². The molecule has 0 saturated carbocycles. The number of amides is 1. The van der Waals surface area contributed by atoms with Gasteiger partial charge in [-0.15, -0.1) is 21.8 Å². The van der Waals surface area contributed by atoms with E-state index in [1.807, 2.05) is 54.6 Å². The smallest absolute Gasteiger partial charge is 0.307 e. The molecule has 0 radical (unpaired) electrons. The molecular weight excluding hydrogens is 597 g/mol. The first kappa shape index (κ1) is 28.0. The highest BCUT2D eigenvalue weighted by atomic mass is 35.5. The van der Waals surface area contributed by atoms with Crippen molar-refractivity contribution in [3.05, 3.63) is 99.8 Å². The minimum atomic E-state index is -0.893. The molecule has 5 rings (SSSR count). The molecule has 9 nitrogen and oxygen atoms in total. The maximum Gasteiger partial charge on any atom is 0.307 e. The fourth-order valence-corrected chi connectivity index (χ4v) is 5.31. The lowest BCUT2D eigenvalue weighted by Gasteiger charge is -2.13. The van der Waals surface area contributed by atoms with Crippen LogP contribution in [0.3, 0.4) is 0 Å². The van der Waals surface area contributed by atoms with E-state index in [2.05, 4.69) is 20.8 Å². The molecule has 4 aromatic rings. The number of aromatic nitrogens is 3. The second kappa shape index (κ2) is 12.7. The van der Waals surface area contributed by atoms with E-state index in [0.717, 1.165) is 16.0 Å². The van der Waals surface area contributed by atoms with Gasteiger partial charge >= 0.3 is 5.91 Å². The molecule has 0 fully saturated rings. The predicted molar refractivity (Wildman–Crippen MR) is 153 cm³/mol. The zero-order chi connectivity index (χ0) is 28.1. The highest BCUT2D eigenvalue weighted by Crippen LogP contribution is 2.36. The lowest BCUT2D eigenvalue weighted by molar-refractivity contribution is -0.133. The quantitative estimate of drug-likeness (QED) is 0.170. The van der Waals surface area contributed by atoms with E-state index in [0.29, 0.717) is 33.1 Å². The van der Waals surface area contributed by atoms with E-state index in [9.17, 15) is 9.59 Å². The molecule has 13 heteroatoms. The molecule has 1 aromatic heterocycles. The van der Waals surface area contributed by atoms with E-state index in [1.165, 1.54) is 16.4 Å². The van der Waals surface area contributed by atoms with Crippen LogP contribution in [0.2, 0.25) is 10.0 Å². The number of halogens is 3. The van der Waals surface area contributed by atoms with Gasteiger partial charge in [0.05, 0.1) is 11.6 Å². The lowest BCUT2D eigenvalue weighted by Crippen LogP contribution is -2.32. The molecule has 0 saturated heterocycles. The summed E-state index contributed by atoms with van der Waals surface area (Å²) in [6.45, 7) is -0.0741. The highest BCUT2D eigenvalue weighted by Gasteiger charge is 2.28. The number of Topliss-reactive ketones (excluding diaryl/α,β-unsaturated/α-hetero) is 1. The highest BCUT2D eigenvalue weighted by molar-refractivity contribution is 7.99. The van der Waals surface area contributed by atoms with Crippen LogP contribution in [0, 0.1) is 0 Å². The topological polar surface area (TPSA) is 108 Å². The summed E-state index contributed by atoms with van der Waals surface area (Å²) in [6.07, 6.45) is 0.0926. The van der Waals surface area contributed by atoms with Gasteiger partial charge in [0.2, 0.25) is 10.9 Å². The Hall–Kier alpha value is -3.57. The fraction of sp³-hybridized carbons (Fsp3) is 0.148. The minimum absolute atomic E-state index is 0.0741. The van der Waals surface area contributed by atoms with Crippen LogP contribution in [0.5, 0.6) is 5.75 Å². The number of hydrogen-bond acceptors (Lipinski definition) is 8. The van der Waals surface area contributed by atoms with Crippen LogP contribution in [-0.4, -0.2) is 38.2 Å². The Bertz CT molecular complexity index is 1580. The Balaban J connectivity index is 1.35. The van der Waals surface area contributed by atoms with E-state index in [4.69, 9.17) is 44.4 Å². The summed E-state index contributed by atoms with van der Waals surface area (Å²) in [7, 11) is 0. The first-order chi connectivity index (χ1) is 19.4. The minimum Gasteiger partial charge on any atom is -0.485 e. The Morgan fingerprint density at radius 2 is 1.82 bits per heavy atom. The van der Waals surface area contributed by atoms with E-state index in [-0.39, 0.29) is 18.5 Å². The Kier molecular flexibility index (Phi) is 8.91. The number of rotatable bonds is 10. The monoisotopic (exact) mass is 615 g/mol. The van der Waals surface area contributed by atoms with Crippen molar-refractivity contribution in [3.8, 4) is 5.75 Å². The first-order valence-electron chi connectivity index (χ1n) is 11.9. The van der Waals surface area contributed by atoms with E-state index >= 15 is 0 Å². The third-order valence-electron chi connectivity index (χ3n) is 5.77. The Labute approximate surface area is 248 Å². The number of para-hydroxylation sites is 1. The number of alkyl halides is 1. The van der Waals surface area contributed by atoms with Crippen molar-refractivity contribution in [2.75, 3.05) is 11.3 Å². The summed E-state index contributed by atoms with van der Waals surface area (Å²) >= 11 is 19.2. The molecule has 0 spiro atoms. The summed E-state index contributed by atoms with van der Waals surface area (Å²) in [5.41, 5.74) is 4.70. The van der Waals surface area contributed by atoms with Crippen LogP contribution in [0.15, 0.2) is 88.0 Å². The van der Waals surface area contributed by atoms with Crippen LogP contribution in [0.25, 0.3) is 0 Å². The number of nitrogens with zero attached hydrogens (tertiary/aromatic N) is 4. The van der Waals surface area contributed by atoms with Gasteiger partial charge in [0.25, 0.3) is 0 Å². The molecule has 40 heavy (non-hydrogen) atoms. The average molecular weight is 617 g/mol. The van der Waals surface area contributed by atoms with E-state index < -0.39 is 17.6 Å². The number of ketones is 1. The fourth-order valence-electron chi connectivity index (χ4n) is 3.83. The molecule has 1 unspecified atom stereocenters. The normalized spacial score (nSPS) is 14.4. The van der Waals surface area contributed by atoms with Crippen LogP contribution in [0.1, 0.15) is 29.5 Å². The van der Waals surface area contributed by atoms with Gasteiger partial charge in [0.15, 0.2) is 11.9 Å². The molecule has 0 aliphatic carbocycles. The second-order valence-corrected chi connectivity index (χ2v) is 10.6. The molecule has 1 amide bonds. The maximum absolute atomic E-state index is 12.4. The molecule has 1 N–H and O–H groups in total. The molecule has 1 atom stereocenters. The van der Waals surface area contributed by atoms with Crippen molar-refractivity contribution in [1.29, 1.82) is 0 Å². The van der Waals surface area contributed by atoms with E-state index in [1.54, 1.807) is 18.2 Å². The Morgan fingerprint density at radius 1 is 1.05 bits per heavy atom. The van der Waals surface area contributed by atoms with Crippen molar-refractivity contribution in [1.82, 2.24) is 14.9 Å². The zero-order valence-electron chi connectivity index (χ0n) is 20.6. The molecular formula is C27H20Cl3N5O4S. The van der Waals surface area contributed by atoms with Crippen molar-refractivity contribution in [2.45, 2.75) is 29.2 Å². The third-order valence-corrected chi connectivity index (χ3v) is 7.53. The summed E-state index contributed by atoms with van der Waals surface area (Å²) in [4.78, 5) is 30.8. The molecule has 1 aliphatic heterocycles. The average Bonchev–Trinajstić information content (AvgIpc) is 3.59. The number of nitrogens with one attached hydrogen (secondary N) is 1. The van der Waals surface area contributed by atoms with Crippen molar-refractivity contribution >= 4 is 64.0 Å². The number of hydrogen-bond donors (Lipinski definition) is 1. The number of benzene rings is 3. The van der Waals surface area contributed by atoms with Crippen LogP contribution in [-0.2, 0) is 21.0 Å². The predicted octanol–water partition coefficient (Wildman–Crippen LogP) is 6.06. The van der Waals surface area contributed by atoms with Crippen LogP contribution >= 0.6 is 46.6 Å². The zero-order valence-corrected chi connectivity index (χ0v) is 23.7. The third kappa shape index (κ3) is 6.42. The molecule has 0 bridgehead atoms. The molecule has 204 valence electrons. The van der Waals surface area contributed by atoms with Gasteiger partial charge in [-0.3, -0.25) is 15.0 Å². The molecule has 2 heterocycles. The van der Waals surface area contributed by atoms with Gasteiger partial charge in [0.1, 0.15) is 12.4 Å². The van der Waals surface area contributed by atoms with Crippen LogP contribution < -0.4 is 10.2 Å². The van der Waals surface area contributed by atoms with Gasteiger partial charge in [0, 0.05) is 32.5 Å². The summed E-state index contributed by atoms with van der Waals surface area (Å²) in [5, 5.41) is 14.0. The van der Waals surface area contributed by atoms with Crippen molar-refractivity contribution in [2.24, 2.45) is 5.16 Å². The maximum atomic E-state index is 12.4. The largest absolute Gasteiger partial charge is 0.485 e.